The third-order valence-corrected chi connectivity index (χ3v) is 5.09. The molecular formula is C27H24N2O3. The second-order valence-corrected chi connectivity index (χ2v) is 7.36. The lowest BCUT2D eigenvalue weighted by molar-refractivity contribution is 0.103. The van der Waals surface area contributed by atoms with Gasteiger partial charge in [-0.05, 0) is 36.4 Å². The highest BCUT2D eigenvalue weighted by Crippen LogP contribution is 2.22. The van der Waals surface area contributed by atoms with E-state index in [2.05, 4.69) is 0 Å². The van der Waals surface area contributed by atoms with Gasteiger partial charge in [-0.15, -0.1) is 0 Å². The summed E-state index contributed by atoms with van der Waals surface area (Å²) in [5, 5.41) is 0. The van der Waals surface area contributed by atoms with E-state index in [9.17, 15) is 4.79 Å². The molecule has 0 fully saturated rings. The van der Waals surface area contributed by atoms with Gasteiger partial charge in [-0.1, -0.05) is 60.7 Å². The molecular weight excluding hydrogens is 400 g/mol. The first-order valence-electron chi connectivity index (χ1n) is 10.3. The summed E-state index contributed by atoms with van der Waals surface area (Å²) < 4.78 is 11.7. The molecule has 5 nitrogen and oxygen atoms in total. The maximum absolute atomic E-state index is 13.1. The van der Waals surface area contributed by atoms with Gasteiger partial charge in [0.05, 0.1) is 0 Å². The maximum atomic E-state index is 13.1. The molecule has 4 N–H and O–H groups in total. The molecule has 0 atom stereocenters. The van der Waals surface area contributed by atoms with Crippen molar-refractivity contribution < 1.29 is 14.3 Å². The minimum absolute atomic E-state index is 0.112. The van der Waals surface area contributed by atoms with E-state index in [1.54, 1.807) is 36.4 Å². The van der Waals surface area contributed by atoms with Gasteiger partial charge in [0.25, 0.3) is 0 Å². The lowest BCUT2D eigenvalue weighted by atomic mass is 10.0. The molecule has 0 spiro atoms. The van der Waals surface area contributed by atoms with Crippen LogP contribution in [0.1, 0.15) is 27.0 Å². The zero-order valence-electron chi connectivity index (χ0n) is 17.5. The molecule has 4 aromatic rings. The predicted molar refractivity (Wildman–Crippen MR) is 127 cm³/mol. The largest absolute Gasteiger partial charge is 0.489 e. The number of anilines is 2. The minimum Gasteiger partial charge on any atom is -0.489 e. The highest BCUT2D eigenvalue weighted by molar-refractivity contribution is 6.09. The number of benzene rings is 4. The highest BCUT2D eigenvalue weighted by Gasteiger charge is 2.12. The van der Waals surface area contributed by atoms with Crippen LogP contribution in [-0.4, -0.2) is 5.78 Å². The molecule has 160 valence electrons. The van der Waals surface area contributed by atoms with Crippen molar-refractivity contribution in [1.29, 1.82) is 0 Å². The monoisotopic (exact) mass is 424 g/mol. The molecule has 0 saturated heterocycles. The topological polar surface area (TPSA) is 87.6 Å². The molecule has 0 heterocycles. The molecule has 0 aliphatic heterocycles. The first kappa shape index (κ1) is 21.0. The van der Waals surface area contributed by atoms with Gasteiger partial charge in [-0.2, -0.15) is 0 Å². The molecule has 0 saturated carbocycles. The van der Waals surface area contributed by atoms with Crippen LogP contribution in [0.25, 0.3) is 0 Å². The summed E-state index contributed by atoms with van der Waals surface area (Å²) in [6.07, 6.45) is 0. The number of carbonyl (C=O) groups is 1. The van der Waals surface area contributed by atoms with E-state index in [0.29, 0.717) is 47.2 Å². The summed E-state index contributed by atoms with van der Waals surface area (Å²) in [5.41, 5.74) is 16.2. The van der Waals surface area contributed by atoms with Crippen molar-refractivity contribution in [3.05, 3.63) is 119 Å². The number of ether oxygens (including phenoxy) is 2. The van der Waals surface area contributed by atoms with Gasteiger partial charge in [0, 0.05) is 33.6 Å². The third kappa shape index (κ3) is 5.08. The van der Waals surface area contributed by atoms with Gasteiger partial charge < -0.3 is 20.9 Å². The van der Waals surface area contributed by atoms with Crippen LogP contribution in [0.2, 0.25) is 0 Å². The van der Waals surface area contributed by atoms with E-state index in [0.717, 1.165) is 11.1 Å². The number of carbonyl (C=O) groups excluding carboxylic acids is 1. The molecule has 0 aliphatic rings. The lowest BCUT2D eigenvalue weighted by Crippen LogP contribution is -2.04. The van der Waals surface area contributed by atoms with Crippen LogP contribution < -0.4 is 20.9 Å². The minimum atomic E-state index is -0.112. The van der Waals surface area contributed by atoms with E-state index in [1.807, 2.05) is 60.7 Å². The Bertz CT molecular complexity index is 1140. The summed E-state index contributed by atoms with van der Waals surface area (Å²) in [7, 11) is 0. The number of nitrogen functional groups attached to an aromatic ring is 2. The summed E-state index contributed by atoms with van der Waals surface area (Å²) in [5.74, 6) is 1.09. The number of hydrogen-bond acceptors (Lipinski definition) is 5. The lowest BCUT2D eigenvalue weighted by Gasteiger charge is -2.11. The number of para-hydroxylation sites is 2. The Kier molecular flexibility index (Phi) is 6.37. The van der Waals surface area contributed by atoms with Crippen LogP contribution in [0.4, 0.5) is 11.4 Å². The van der Waals surface area contributed by atoms with Gasteiger partial charge in [0.2, 0.25) is 0 Å². The molecule has 0 bridgehead atoms. The summed E-state index contributed by atoms with van der Waals surface area (Å²) >= 11 is 0. The molecule has 5 heteroatoms. The Hall–Kier alpha value is -4.25. The van der Waals surface area contributed by atoms with Crippen molar-refractivity contribution in [3.63, 3.8) is 0 Å². The van der Waals surface area contributed by atoms with Crippen LogP contribution in [0, 0.1) is 0 Å². The average Bonchev–Trinajstić information content (AvgIpc) is 2.83. The summed E-state index contributed by atoms with van der Waals surface area (Å²) in [6, 6.07) is 29.3. The van der Waals surface area contributed by atoms with Gasteiger partial charge >= 0.3 is 0 Å². The van der Waals surface area contributed by atoms with Gasteiger partial charge in [-0.3, -0.25) is 4.79 Å². The summed E-state index contributed by atoms with van der Waals surface area (Å²) in [4.78, 5) is 13.1. The normalized spacial score (nSPS) is 10.5. The molecule has 0 aliphatic carbocycles. The first-order valence-corrected chi connectivity index (χ1v) is 10.3. The van der Waals surface area contributed by atoms with E-state index >= 15 is 0 Å². The molecule has 4 aromatic carbocycles. The fraction of sp³-hybridized carbons (Fsp3) is 0.0741. The van der Waals surface area contributed by atoms with E-state index < -0.39 is 0 Å². The predicted octanol–water partition coefficient (Wildman–Crippen LogP) is 5.24. The van der Waals surface area contributed by atoms with Crippen LogP contribution in [-0.2, 0) is 13.2 Å². The molecule has 0 aromatic heterocycles. The smallest absolute Gasteiger partial charge is 0.193 e. The van der Waals surface area contributed by atoms with E-state index in [-0.39, 0.29) is 5.78 Å². The Morgan fingerprint density at radius 1 is 0.594 bits per heavy atom. The zero-order valence-corrected chi connectivity index (χ0v) is 17.5. The van der Waals surface area contributed by atoms with Crippen molar-refractivity contribution >= 4 is 17.2 Å². The van der Waals surface area contributed by atoms with Crippen LogP contribution in [0.15, 0.2) is 97.1 Å². The zero-order chi connectivity index (χ0) is 22.3. The van der Waals surface area contributed by atoms with Gasteiger partial charge in [0.1, 0.15) is 24.7 Å². The molecule has 4 rings (SSSR count). The SMILES string of the molecule is Nc1ccccc1COc1cccc(C(=O)c2cccc(OCc3ccccc3N)c2)c1. The molecule has 0 amide bonds. The van der Waals surface area contributed by atoms with Gasteiger partial charge in [0.15, 0.2) is 5.78 Å². The van der Waals surface area contributed by atoms with E-state index in [1.165, 1.54) is 0 Å². The second-order valence-electron chi connectivity index (χ2n) is 7.36. The molecule has 0 unspecified atom stereocenters. The molecule has 32 heavy (non-hydrogen) atoms. The fourth-order valence-electron chi connectivity index (χ4n) is 3.27. The van der Waals surface area contributed by atoms with Crippen molar-refractivity contribution in [2.45, 2.75) is 13.2 Å². The Balaban J connectivity index is 1.45. The highest BCUT2D eigenvalue weighted by atomic mass is 16.5. The number of ketones is 1. The van der Waals surface area contributed by atoms with Crippen LogP contribution in [0.5, 0.6) is 11.5 Å². The Labute approximate surface area is 187 Å². The van der Waals surface area contributed by atoms with Crippen molar-refractivity contribution in [2.24, 2.45) is 0 Å². The van der Waals surface area contributed by atoms with Crippen molar-refractivity contribution in [3.8, 4) is 11.5 Å². The second kappa shape index (κ2) is 9.71. The molecule has 0 radical (unpaired) electrons. The fourth-order valence-corrected chi connectivity index (χ4v) is 3.27. The average molecular weight is 425 g/mol. The van der Waals surface area contributed by atoms with Crippen molar-refractivity contribution in [2.75, 3.05) is 11.5 Å². The van der Waals surface area contributed by atoms with Crippen LogP contribution >= 0.6 is 0 Å². The number of nitrogens with two attached hydrogens (primary N) is 2. The Morgan fingerprint density at radius 2 is 1.03 bits per heavy atom. The maximum Gasteiger partial charge on any atom is 0.193 e. The Morgan fingerprint density at radius 3 is 1.47 bits per heavy atom. The standard InChI is InChI=1S/C27H24N2O3/c28-25-13-3-1-7-21(25)17-31-23-11-5-9-19(15-23)27(30)20-10-6-12-24(16-20)32-18-22-8-2-4-14-26(22)29/h1-16H,17-18,28-29H2. The number of hydrogen-bond donors (Lipinski definition) is 2. The van der Waals surface area contributed by atoms with Crippen LogP contribution in [0.3, 0.4) is 0 Å². The van der Waals surface area contributed by atoms with Crippen molar-refractivity contribution in [1.82, 2.24) is 0 Å². The quantitative estimate of drug-likeness (QED) is 0.298. The summed E-state index contributed by atoms with van der Waals surface area (Å²) in [6.45, 7) is 0.659. The first-order chi connectivity index (χ1) is 15.6. The van der Waals surface area contributed by atoms with Gasteiger partial charge in [-0.25, -0.2) is 0 Å². The van der Waals surface area contributed by atoms with E-state index in [4.69, 9.17) is 20.9 Å². The third-order valence-electron chi connectivity index (χ3n) is 5.09. The number of rotatable bonds is 8.